The summed E-state index contributed by atoms with van der Waals surface area (Å²) in [5.74, 6) is 0. The first-order valence-electron chi connectivity index (χ1n) is 7.53. The molecule has 1 saturated heterocycles. The fourth-order valence-electron chi connectivity index (χ4n) is 2.39. The van der Waals surface area contributed by atoms with E-state index < -0.39 is 13.4 Å². The molecule has 1 aliphatic heterocycles. The summed E-state index contributed by atoms with van der Waals surface area (Å²) in [6.45, 7) is 1.39. The van der Waals surface area contributed by atoms with Gasteiger partial charge in [-0.25, -0.2) is 0 Å². The van der Waals surface area contributed by atoms with E-state index in [-0.39, 0.29) is 5.69 Å². The van der Waals surface area contributed by atoms with Crippen LogP contribution < -0.4 is 14.7 Å². The van der Waals surface area contributed by atoms with Gasteiger partial charge in [-0.3, -0.25) is 10.1 Å². The molecule has 1 N–H and O–H groups in total. The van der Waals surface area contributed by atoms with Crippen LogP contribution in [0.15, 0.2) is 48.5 Å². The molecule has 1 fully saturated rings. The van der Waals surface area contributed by atoms with E-state index >= 15 is 0 Å². The van der Waals surface area contributed by atoms with Gasteiger partial charge in [0, 0.05) is 49.8 Å². The van der Waals surface area contributed by atoms with Gasteiger partial charge in [0.1, 0.15) is 0 Å². The van der Waals surface area contributed by atoms with Crippen LogP contribution in [-0.2, 0) is 4.52 Å². The third-order valence-corrected chi connectivity index (χ3v) is 5.45. The Kier molecular flexibility index (Phi) is 4.83. The molecule has 2 aromatic rings. The Labute approximate surface area is 141 Å². The summed E-state index contributed by atoms with van der Waals surface area (Å²) in [4.78, 5) is 12.4. The molecule has 3 rings (SSSR count). The fourth-order valence-corrected chi connectivity index (χ4v) is 3.95. The standard InChI is InChI=1S/C16H19N4O3P/c1-18(2)14-5-3-13(4-6-14)17-24-19(11-12-23-24)15-7-9-16(10-8-15)20(21)22/h3-10,17H,11-12H2,1-2H3. The smallest absolute Gasteiger partial charge is 0.269 e. The van der Waals surface area contributed by atoms with Crippen LogP contribution in [0.3, 0.4) is 0 Å². The Hall–Kier alpha value is -2.37. The SMILES string of the molecule is CN(C)c1ccc(NP2OCCN2c2ccc([N+](=O)[O-])cc2)cc1. The molecule has 7 nitrogen and oxygen atoms in total. The third kappa shape index (κ3) is 3.58. The highest BCUT2D eigenvalue weighted by atomic mass is 31.2. The van der Waals surface area contributed by atoms with E-state index in [0.717, 1.165) is 23.6 Å². The molecule has 0 aromatic heterocycles. The van der Waals surface area contributed by atoms with E-state index in [1.165, 1.54) is 12.1 Å². The number of nitrogens with zero attached hydrogens (tertiary/aromatic N) is 3. The Morgan fingerprint density at radius 3 is 2.42 bits per heavy atom. The predicted octanol–water partition coefficient (Wildman–Crippen LogP) is 3.84. The van der Waals surface area contributed by atoms with Crippen molar-refractivity contribution in [2.75, 3.05) is 41.9 Å². The number of nitro benzene ring substituents is 1. The molecule has 0 aliphatic carbocycles. The highest BCUT2D eigenvalue weighted by Gasteiger charge is 2.27. The summed E-state index contributed by atoms with van der Waals surface area (Å²) in [7, 11) is 2.99. The van der Waals surface area contributed by atoms with Crippen molar-refractivity contribution in [2.45, 2.75) is 0 Å². The van der Waals surface area contributed by atoms with Gasteiger partial charge in [0.15, 0.2) is 0 Å². The average molecular weight is 346 g/mol. The lowest BCUT2D eigenvalue weighted by molar-refractivity contribution is -0.384. The van der Waals surface area contributed by atoms with Crippen molar-refractivity contribution in [2.24, 2.45) is 0 Å². The van der Waals surface area contributed by atoms with Crippen molar-refractivity contribution in [1.82, 2.24) is 0 Å². The molecule has 1 unspecified atom stereocenters. The lowest BCUT2D eigenvalue weighted by Gasteiger charge is -2.25. The zero-order valence-corrected chi connectivity index (χ0v) is 14.4. The third-order valence-electron chi connectivity index (χ3n) is 3.70. The van der Waals surface area contributed by atoms with Crippen molar-refractivity contribution >= 4 is 31.2 Å². The van der Waals surface area contributed by atoms with Crippen molar-refractivity contribution in [3.63, 3.8) is 0 Å². The minimum Gasteiger partial charge on any atom is -0.378 e. The van der Waals surface area contributed by atoms with Gasteiger partial charge in [0.25, 0.3) is 5.69 Å². The van der Waals surface area contributed by atoms with Gasteiger partial charge in [-0.1, -0.05) is 0 Å². The molecule has 2 aromatic carbocycles. The summed E-state index contributed by atoms with van der Waals surface area (Å²) in [5.41, 5.74) is 3.13. The zero-order valence-electron chi connectivity index (χ0n) is 13.5. The first kappa shape index (κ1) is 16.5. The van der Waals surface area contributed by atoms with E-state index in [9.17, 15) is 10.1 Å². The molecule has 0 amide bonds. The number of nitrogens with one attached hydrogen (secondary N) is 1. The van der Waals surface area contributed by atoms with Crippen LogP contribution in [0, 0.1) is 10.1 Å². The molecular weight excluding hydrogens is 327 g/mol. The van der Waals surface area contributed by atoms with Gasteiger partial charge in [0.05, 0.1) is 11.5 Å². The maximum Gasteiger partial charge on any atom is 0.269 e. The maximum atomic E-state index is 10.8. The molecular formula is C16H19N4O3P. The first-order chi connectivity index (χ1) is 11.5. The van der Waals surface area contributed by atoms with E-state index in [2.05, 4.69) is 9.76 Å². The van der Waals surface area contributed by atoms with E-state index in [4.69, 9.17) is 4.52 Å². The Bertz CT molecular complexity index is 706. The van der Waals surface area contributed by atoms with Crippen molar-refractivity contribution in [1.29, 1.82) is 0 Å². The normalized spacial score (nSPS) is 16.9. The zero-order chi connectivity index (χ0) is 17.1. The van der Waals surface area contributed by atoms with Crippen LogP contribution in [-0.4, -0.2) is 32.2 Å². The summed E-state index contributed by atoms with van der Waals surface area (Å²) in [6.07, 6.45) is 0. The summed E-state index contributed by atoms with van der Waals surface area (Å²) >= 11 is 0. The van der Waals surface area contributed by atoms with Gasteiger partial charge in [0.2, 0.25) is 8.45 Å². The maximum absolute atomic E-state index is 10.8. The summed E-state index contributed by atoms with van der Waals surface area (Å²) in [5, 5.41) is 14.2. The number of anilines is 3. The quantitative estimate of drug-likeness (QED) is 0.504. The van der Waals surface area contributed by atoms with Gasteiger partial charge in [-0.05, 0) is 36.4 Å². The summed E-state index contributed by atoms with van der Waals surface area (Å²) in [6, 6.07) is 14.7. The largest absolute Gasteiger partial charge is 0.378 e. The lowest BCUT2D eigenvalue weighted by Crippen LogP contribution is -2.15. The Morgan fingerprint density at radius 2 is 1.83 bits per heavy atom. The molecule has 0 radical (unpaired) electrons. The molecule has 0 saturated carbocycles. The van der Waals surface area contributed by atoms with Crippen LogP contribution in [0.25, 0.3) is 0 Å². The second-order valence-electron chi connectivity index (χ2n) is 5.56. The lowest BCUT2D eigenvalue weighted by atomic mass is 10.3. The number of benzene rings is 2. The molecule has 1 atom stereocenters. The van der Waals surface area contributed by atoms with E-state index in [1.807, 2.05) is 43.3 Å². The summed E-state index contributed by atoms with van der Waals surface area (Å²) < 4.78 is 7.92. The highest BCUT2D eigenvalue weighted by molar-refractivity contribution is 7.56. The van der Waals surface area contributed by atoms with Crippen LogP contribution >= 0.6 is 8.45 Å². The number of rotatable bonds is 5. The Balaban J connectivity index is 1.72. The van der Waals surface area contributed by atoms with Crippen LogP contribution in [0.5, 0.6) is 0 Å². The predicted molar refractivity (Wildman–Crippen MR) is 97.7 cm³/mol. The molecule has 24 heavy (non-hydrogen) atoms. The number of hydrogen-bond acceptors (Lipinski definition) is 6. The topological polar surface area (TPSA) is 70.9 Å². The fraction of sp³-hybridized carbons (Fsp3) is 0.250. The molecule has 126 valence electrons. The molecule has 1 aliphatic rings. The van der Waals surface area contributed by atoms with E-state index in [1.54, 1.807) is 12.1 Å². The highest BCUT2D eigenvalue weighted by Crippen LogP contribution is 2.48. The number of nitro groups is 1. The van der Waals surface area contributed by atoms with E-state index in [0.29, 0.717) is 6.61 Å². The average Bonchev–Trinajstić information content (AvgIpc) is 3.03. The molecule has 8 heteroatoms. The molecule has 0 spiro atoms. The van der Waals surface area contributed by atoms with Crippen LogP contribution in [0.2, 0.25) is 0 Å². The van der Waals surface area contributed by atoms with Crippen molar-refractivity contribution < 1.29 is 9.45 Å². The van der Waals surface area contributed by atoms with Crippen LogP contribution in [0.1, 0.15) is 0 Å². The van der Waals surface area contributed by atoms with Crippen molar-refractivity contribution in [3.8, 4) is 0 Å². The Morgan fingerprint density at radius 1 is 1.17 bits per heavy atom. The number of hydrogen-bond donors (Lipinski definition) is 1. The molecule has 1 heterocycles. The van der Waals surface area contributed by atoms with Crippen LogP contribution in [0.4, 0.5) is 22.7 Å². The second-order valence-corrected chi connectivity index (χ2v) is 7.07. The van der Waals surface area contributed by atoms with Crippen molar-refractivity contribution in [3.05, 3.63) is 58.6 Å². The van der Waals surface area contributed by atoms with Gasteiger partial charge in [-0.2, -0.15) is 0 Å². The van der Waals surface area contributed by atoms with Gasteiger partial charge in [-0.15, -0.1) is 0 Å². The minimum atomic E-state index is -1.01. The minimum absolute atomic E-state index is 0.0930. The molecule has 0 bridgehead atoms. The van der Waals surface area contributed by atoms with Gasteiger partial charge >= 0.3 is 0 Å². The second kappa shape index (κ2) is 7.03. The monoisotopic (exact) mass is 346 g/mol. The number of non-ortho nitro benzene ring substituents is 1. The van der Waals surface area contributed by atoms with Gasteiger partial charge < -0.3 is 19.2 Å². The first-order valence-corrected chi connectivity index (χ1v) is 8.75.